The number of amides is 1. The van der Waals surface area contributed by atoms with Gasteiger partial charge in [0.1, 0.15) is 0 Å². The number of carbonyl (C=O) groups is 1. The number of benzene rings is 1. The zero-order valence-electron chi connectivity index (χ0n) is 12.2. The lowest BCUT2D eigenvalue weighted by Gasteiger charge is -2.05. The summed E-state index contributed by atoms with van der Waals surface area (Å²) in [6.07, 6.45) is 3.08. The molecular formula is C15H19N5OS. The van der Waals surface area contributed by atoms with Crippen LogP contribution in [0.4, 0.5) is 0 Å². The fourth-order valence-corrected chi connectivity index (χ4v) is 2.87. The van der Waals surface area contributed by atoms with Crippen molar-refractivity contribution >= 4 is 17.7 Å². The maximum atomic E-state index is 11.8. The zero-order valence-corrected chi connectivity index (χ0v) is 13.1. The third kappa shape index (κ3) is 3.79. The molecule has 22 heavy (non-hydrogen) atoms. The standard InChI is InChI=1S/C15H19N5OS/c16-20-14(12-6-7-12)18-19-15(20)22-10-13(21)17-9-8-11-4-2-1-3-5-11/h1-5,12H,6-10,16H2,(H,17,21). The number of nitrogens with zero attached hydrogens (tertiary/aromatic N) is 3. The van der Waals surface area contributed by atoms with Crippen molar-refractivity contribution < 1.29 is 4.79 Å². The summed E-state index contributed by atoms with van der Waals surface area (Å²) in [6, 6.07) is 10.1. The topological polar surface area (TPSA) is 85.8 Å². The molecule has 1 fully saturated rings. The van der Waals surface area contributed by atoms with Gasteiger partial charge in [0.05, 0.1) is 5.75 Å². The maximum absolute atomic E-state index is 11.8. The van der Waals surface area contributed by atoms with Gasteiger partial charge in [0, 0.05) is 12.5 Å². The second-order valence-electron chi connectivity index (χ2n) is 5.36. The Morgan fingerprint density at radius 2 is 2.09 bits per heavy atom. The van der Waals surface area contributed by atoms with Crippen LogP contribution in [-0.4, -0.2) is 33.1 Å². The molecule has 1 aliphatic carbocycles. The summed E-state index contributed by atoms with van der Waals surface area (Å²) in [5.41, 5.74) is 1.21. The molecule has 2 aromatic rings. The molecule has 1 saturated carbocycles. The highest BCUT2D eigenvalue weighted by atomic mass is 32.2. The Kier molecular flexibility index (Phi) is 4.62. The van der Waals surface area contributed by atoms with Crippen molar-refractivity contribution in [2.75, 3.05) is 18.1 Å². The number of carbonyl (C=O) groups excluding carboxylic acids is 1. The number of nitrogens with two attached hydrogens (primary N) is 1. The van der Waals surface area contributed by atoms with Crippen LogP contribution in [0, 0.1) is 0 Å². The van der Waals surface area contributed by atoms with Crippen LogP contribution < -0.4 is 11.2 Å². The molecule has 3 rings (SSSR count). The normalized spacial score (nSPS) is 14.0. The van der Waals surface area contributed by atoms with Gasteiger partial charge in [0.25, 0.3) is 0 Å². The molecule has 1 aromatic heterocycles. The summed E-state index contributed by atoms with van der Waals surface area (Å²) in [6.45, 7) is 0.631. The van der Waals surface area contributed by atoms with Crippen molar-refractivity contribution in [3.05, 3.63) is 41.7 Å². The molecule has 1 aromatic carbocycles. The van der Waals surface area contributed by atoms with Gasteiger partial charge in [0.2, 0.25) is 11.1 Å². The van der Waals surface area contributed by atoms with E-state index < -0.39 is 0 Å². The van der Waals surface area contributed by atoms with Gasteiger partial charge in [-0.1, -0.05) is 42.1 Å². The van der Waals surface area contributed by atoms with E-state index in [2.05, 4.69) is 27.6 Å². The predicted molar refractivity (Wildman–Crippen MR) is 86.0 cm³/mol. The monoisotopic (exact) mass is 317 g/mol. The third-order valence-corrected chi connectivity index (χ3v) is 4.49. The van der Waals surface area contributed by atoms with Gasteiger partial charge in [-0.3, -0.25) is 4.79 Å². The van der Waals surface area contributed by atoms with Crippen LogP contribution in [-0.2, 0) is 11.2 Å². The van der Waals surface area contributed by atoms with E-state index in [1.54, 1.807) is 0 Å². The van der Waals surface area contributed by atoms with Crippen LogP contribution >= 0.6 is 11.8 Å². The van der Waals surface area contributed by atoms with Crippen LogP contribution in [0.25, 0.3) is 0 Å². The van der Waals surface area contributed by atoms with Crippen molar-refractivity contribution in [3.63, 3.8) is 0 Å². The molecule has 3 N–H and O–H groups in total. The van der Waals surface area contributed by atoms with Crippen LogP contribution in [0.1, 0.15) is 30.1 Å². The second-order valence-corrected chi connectivity index (χ2v) is 6.30. The highest BCUT2D eigenvalue weighted by Crippen LogP contribution is 2.39. The first-order valence-electron chi connectivity index (χ1n) is 7.38. The fraction of sp³-hybridized carbons (Fsp3) is 0.400. The van der Waals surface area contributed by atoms with E-state index in [-0.39, 0.29) is 5.91 Å². The van der Waals surface area contributed by atoms with Gasteiger partial charge in [-0.2, -0.15) is 0 Å². The summed E-state index contributed by atoms with van der Waals surface area (Å²) in [4.78, 5) is 11.8. The Hall–Kier alpha value is -2.02. The first-order chi connectivity index (χ1) is 10.7. The van der Waals surface area contributed by atoms with E-state index in [0.717, 1.165) is 25.1 Å². The molecule has 6 nitrogen and oxygen atoms in total. The Labute approximate surface area is 133 Å². The number of thioether (sulfide) groups is 1. The molecule has 0 bridgehead atoms. The fourth-order valence-electron chi connectivity index (χ4n) is 2.18. The quantitative estimate of drug-likeness (QED) is 0.594. The van der Waals surface area contributed by atoms with E-state index in [0.29, 0.717) is 23.4 Å². The zero-order chi connectivity index (χ0) is 15.4. The van der Waals surface area contributed by atoms with Crippen molar-refractivity contribution in [1.82, 2.24) is 20.2 Å². The SMILES string of the molecule is Nn1c(SCC(=O)NCCc2ccccc2)nnc1C1CC1. The predicted octanol–water partition coefficient (Wildman–Crippen LogP) is 1.32. The van der Waals surface area contributed by atoms with Crippen molar-refractivity contribution in [2.24, 2.45) is 0 Å². The number of hydrogen-bond donors (Lipinski definition) is 2. The lowest BCUT2D eigenvalue weighted by atomic mass is 10.1. The summed E-state index contributed by atoms with van der Waals surface area (Å²) >= 11 is 1.32. The van der Waals surface area contributed by atoms with Crippen molar-refractivity contribution in [2.45, 2.75) is 30.3 Å². The van der Waals surface area contributed by atoms with Crippen LogP contribution in [0.15, 0.2) is 35.5 Å². The minimum absolute atomic E-state index is 0.0168. The molecule has 0 aliphatic heterocycles. The van der Waals surface area contributed by atoms with E-state index in [1.165, 1.54) is 22.0 Å². The molecule has 0 spiro atoms. The lowest BCUT2D eigenvalue weighted by molar-refractivity contribution is -0.118. The molecule has 0 unspecified atom stereocenters. The maximum Gasteiger partial charge on any atom is 0.230 e. The minimum Gasteiger partial charge on any atom is -0.355 e. The number of aromatic nitrogens is 3. The lowest BCUT2D eigenvalue weighted by Crippen LogP contribution is -2.27. The molecule has 116 valence electrons. The first-order valence-corrected chi connectivity index (χ1v) is 8.36. The van der Waals surface area contributed by atoms with Gasteiger partial charge in [0.15, 0.2) is 5.82 Å². The van der Waals surface area contributed by atoms with E-state index in [9.17, 15) is 4.79 Å². The smallest absolute Gasteiger partial charge is 0.230 e. The molecule has 1 aliphatic rings. The Bertz CT molecular complexity index is 639. The van der Waals surface area contributed by atoms with Gasteiger partial charge >= 0.3 is 0 Å². The Morgan fingerprint density at radius 1 is 1.32 bits per heavy atom. The number of nitrogens with one attached hydrogen (secondary N) is 1. The molecule has 0 radical (unpaired) electrons. The average Bonchev–Trinajstić information content (AvgIpc) is 3.30. The van der Waals surface area contributed by atoms with Gasteiger partial charge < -0.3 is 11.2 Å². The molecule has 0 atom stereocenters. The summed E-state index contributed by atoms with van der Waals surface area (Å²) in [5, 5.41) is 11.6. The number of hydrogen-bond acceptors (Lipinski definition) is 5. The van der Waals surface area contributed by atoms with E-state index >= 15 is 0 Å². The van der Waals surface area contributed by atoms with E-state index in [1.807, 2.05) is 18.2 Å². The Balaban J connectivity index is 1.40. The summed E-state index contributed by atoms with van der Waals surface area (Å²) in [7, 11) is 0. The van der Waals surface area contributed by atoms with Crippen LogP contribution in [0.5, 0.6) is 0 Å². The minimum atomic E-state index is -0.0168. The molecule has 1 heterocycles. The third-order valence-electron chi connectivity index (χ3n) is 3.54. The molecule has 0 saturated heterocycles. The molecule has 1 amide bonds. The highest BCUT2D eigenvalue weighted by Gasteiger charge is 2.29. The summed E-state index contributed by atoms with van der Waals surface area (Å²) in [5.74, 6) is 7.51. The van der Waals surface area contributed by atoms with Gasteiger partial charge in [-0.15, -0.1) is 10.2 Å². The van der Waals surface area contributed by atoms with Gasteiger partial charge in [-0.05, 0) is 24.8 Å². The largest absolute Gasteiger partial charge is 0.355 e. The van der Waals surface area contributed by atoms with E-state index in [4.69, 9.17) is 5.84 Å². The summed E-state index contributed by atoms with van der Waals surface area (Å²) < 4.78 is 1.51. The van der Waals surface area contributed by atoms with Gasteiger partial charge in [-0.25, -0.2) is 4.68 Å². The molecular weight excluding hydrogens is 298 g/mol. The number of rotatable bonds is 7. The van der Waals surface area contributed by atoms with Crippen molar-refractivity contribution in [1.29, 1.82) is 0 Å². The highest BCUT2D eigenvalue weighted by molar-refractivity contribution is 7.99. The number of nitrogen functional groups attached to an aromatic ring is 1. The second kappa shape index (κ2) is 6.83. The first kappa shape index (κ1) is 14.9. The molecule has 7 heteroatoms. The van der Waals surface area contributed by atoms with Crippen LogP contribution in [0.2, 0.25) is 0 Å². The Morgan fingerprint density at radius 3 is 2.82 bits per heavy atom. The van der Waals surface area contributed by atoms with Crippen LogP contribution in [0.3, 0.4) is 0 Å². The van der Waals surface area contributed by atoms with Crippen molar-refractivity contribution in [3.8, 4) is 0 Å². The average molecular weight is 317 g/mol.